The van der Waals surface area contributed by atoms with Gasteiger partial charge in [-0.1, -0.05) is 37.5 Å². The number of para-hydroxylation sites is 1. The van der Waals surface area contributed by atoms with E-state index in [0.29, 0.717) is 11.3 Å². The Labute approximate surface area is 153 Å². The largest absolute Gasteiger partial charge is 0.452 e. The summed E-state index contributed by atoms with van der Waals surface area (Å²) in [5.74, 6) is -0.707. The monoisotopic (exact) mass is 352 g/mol. The van der Waals surface area contributed by atoms with Crippen LogP contribution >= 0.6 is 0 Å². The first kappa shape index (κ1) is 18.0. The van der Waals surface area contributed by atoms with E-state index in [9.17, 15) is 9.59 Å². The van der Waals surface area contributed by atoms with Gasteiger partial charge in [-0.25, -0.2) is 4.79 Å². The standard InChI is InChI=1S/C21H24N2O3/c22-17-13-11-16(12-14-17)21(25)26-15-20(24)23(18-7-3-1-4-8-18)19-9-5-2-6-10-19/h1,3-4,7-8,11-14,19H,2,5-6,9-10,15,22H2. The number of esters is 1. The predicted molar refractivity (Wildman–Crippen MR) is 102 cm³/mol. The Balaban J connectivity index is 1.69. The van der Waals surface area contributed by atoms with Gasteiger partial charge in [0.05, 0.1) is 5.56 Å². The second-order valence-corrected chi connectivity index (χ2v) is 6.59. The maximum Gasteiger partial charge on any atom is 0.338 e. The molecule has 0 radical (unpaired) electrons. The fourth-order valence-electron chi connectivity index (χ4n) is 3.39. The van der Waals surface area contributed by atoms with E-state index < -0.39 is 5.97 Å². The van der Waals surface area contributed by atoms with Crippen LogP contribution in [0.3, 0.4) is 0 Å². The van der Waals surface area contributed by atoms with Crippen LogP contribution in [0, 0.1) is 0 Å². The SMILES string of the molecule is Nc1ccc(C(=O)OCC(=O)N(c2ccccc2)C2CCCCC2)cc1. The van der Waals surface area contributed by atoms with E-state index in [0.717, 1.165) is 31.4 Å². The smallest absolute Gasteiger partial charge is 0.338 e. The van der Waals surface area contributed by atoms with Gasteiger partial charge in [-0.15, -0.1) is 0 Å². The molecule has 2 aromatic rings. The summed E-state index contributed by atoms with van der Waals surface area (Å²) in [4.78, 5) is 26.8. The number of nitrogens with two attached hydrogens (primary N) is 1. The Morgan fingerprint density at radius 2 is 1.62 bits per heavy atom. The molecule has 0 spiro atoms. The van der Waals surface area contributed by atoms with E-state index in [1.165, 1.54) is 6.42 Å². The molecule has 5 nitrogen and oxygen atoms in total. The number of hydrogen-bond acceptors (Lipinski definition) is 4. The minimum Gasteiger partial charge on any atom is -0.452 e. The van der Waals surface area contributed by atoms with Crippen LogP contribution in [0.4, 0.5) is 11.4 Å². The van der Waals surface area contributed by atoms with Crippen LogP contribution in [0.2, 0.25) is 0 Å². The highest BCUT2D eigenvalue weighted by molar-refractivity contribution is 5.97. The first-order valence-electron chi connectivity index (χ1n) is 9.05. The summed E-state index contributed by atoms with van der Waals surface area (Å²) < 4.78 is 5.25. The molecule has 5 heteroatoms. The zero-order chi connectivity index (χ0) is 18.4. The summed E-state index contributed by atoms with van der Waals surface area (Å²) >= 11 is 0. The number of nitrogens with zero attached hydrogens (tertiary/aromatic N) is 1. The molecule has 0 unspecified atom stereocenters. The minimum absolute atomic E-state index is 0.161. The molecule has 1 aliphatic rings. The summed E-state index contributed by atoms with van der Waals surface area (Å²) in [5.41, 5.74) is 7.44. The van der Waals surface area contributed by atoms with Crippen molar-refractivity contribution in [2.75, 3.05) is 17.2 Å². The molecule has 0 saturated heterocycles. The van der Waals surface area contributed by atoms with Crippen molar-refractivity contribution < 1.29 is 14.3 Å². The van der Waals surface area contributed by atoms with Crippen molar-refractivity contribution in [3.8, 4) is 0 Å². The van der Waals surface area contributed by atoms with Gasteiger partial charge in [0, 0.05) is 17.4 Å². The first-order valence-corrected chi connectivity index (χ1v) is 9.05. The number of anilines is 2. The predicted octanol–water partition coefficient (Wildman–Crippen LogP) is 3.79. The summed E-state index contributed by atoms with van der Waals surface area (Å²) in [6.07, 6.45) is 5.40. The quantitative estimate of drug-likeness (QED) is 0.656. The van der Waals surface area contributed by atoms with Gasteiger partial charge >= 0.3 is 5.97 Å². The van der Waals surface area contributed by atoms with Gasteiger partial charge in [-0.3, -0.25) is 4.79 Å². The van der Waals surface area contributed by atoms with Gasteiger partial charge in [0.15, 0.2) is 6.61 Å². The zero-order valence-electron chi connectivity index (χ0n) is 14.8. The Kier molecular flexibility index (Phi) is 5.89. The highest BCUT2D eigenvalue weighted by Gasteiger charge is 2.27. The van der Waals surface area contributed by atoms with E-state index in [-0.39, 0.29) is 18.6 Å². The Morgan fingerprint density at radius 1 is 0.962 bits per heavy atom. The van der Waals surface area contributed by atoms with Gasteiger partial charge in [0.25, 0.3) is 5.91 Å². The average Bonchev–Trinajstić information content (AvgIpc) is 2.68. The topological polar surface area (TPSA) is 72.6 Å². The van der Waals surface area contributed by atoms with Crippen molar-refractivity contribution in [3.05, 3.63) is 60.2 Å². The molecule has 0 aromatic heterocycles. The van der Waals surface area contributed by atoms with Crippen molar-refractivity contribution in [1.29, 1.82) is 0 Å². The third-order valence-corrected chi connectivity index (χ3v) is 4.72. The maximum atomic E-state index is 12.9. The van der Waals surface area contributed by atoms with Crippen molar-refractivity contribution in [1.82, 2.24) is 0 Å². The second kappa shape index (κ2) is 8.52. The normalized spacial score (nSPS) is 14.6. The van der Waals surface area contributed by atoms with Gasteiger partial charge in [0.2, 0.25) is 0 Å². The number of hydrogen-bond donors (Lipinski definition) is 1. The van der Waals surface area contributed by atoms with Crippen LogP contribution in [0.1, 0.15) is 42.5 Å². The van der Waals surface area contributed by atoms with Crippen LogP contribution in [0.5, 0.6) is 0 Å². The lowest BCUT2D eigenvalue weighted by atomic mass is 9.93. The molecule has 1 amide bonds. The van der Waals surface area contributed by atoms with E-state index in [4.69, 9.17) is 10.5 Å². The number of benzene rings is 2. The minimum atomic E-state index is -0.519. The Bertz CT molecular complexity index is 738. The van der Waals surface area contributed by atoms with Crippen molar-refractivity contribution >= 4 is 23.3 Å². The van der Waals surface area contributed by atoms with Crippen LogP contribution in [-0.4, -0.2) is 24.5 Å². The van der Waals surface area contributed by atoms with E-state index in [1.54, 1.807) is 29.2 Å². The number of nitrogen functional groups attached to an aromatic ring is 1. The number of ether oxygens (including phenoxy) is 1. The van der Waals surface area contributed by atoms with Gasteiger partial charge in [-0.2, -0.15) is 0 Å². The molecule has 2 N–H and O–H groups in total. The molecule has 26 heavy (non-hydrogen) atoms. The Morgan fingerprint density at radius 3 is 2.27 bits per heavy atom. The molecule has 1 aliphatic carbocycles. The number of rotatable bonds is 5. The summed E-state index contributed by atoms with van der Waals surface area (Å²) in [7, 11) is 0. The van der Waals surface area contributed by atoms with Crippen LogP contribution < -0.4 is 10.6 Å². The zero-order valence-corrected chi connectivity index (χ0v) is 14.8. The lowest BCUT2D eigenvalue weighted by molar-refractivity contribution is -0.122. The van der Waals surface area contributed by atoms with E-state index >= 15 is 0 Å². The van der Waals surface area contributed by atoms with Crippen molar-refractivity contribution in [2.45, 2.75) is 38.1 Å². The van der Waals surface area contributed by atoms with Crippen LogP contribution in [-0.2, 0) is 9.53 Å². The van der Waals surface area contributed by atoms with Crippen LogP contribution in [0.15, 0.2) is 54.6 Å². The van der Waals surface area contributed by atoms with Gasteiger partial charge in [-0.05, 0) is 49.2 Å². The van der Waals surface area contributed by atoms with E-state index in [2.05, 4.69) is 0 Å². The second-order valence-electron chi connectivity index (χ2n) is 6.59. The number of carbonyl (C=O) groups excluding carboxylic acids is 2. The Hall–Kier alpha value is -2.82. The molecule has 1 saturated carbocycles. The third-order valence-electron chi connectivity index (χ3n) is 4.72. The molecule has 0 atom stereocenters. The van der Waals surface area contributed by atoms with Crippen molar-refractivity contribution in [2.24, 2.45) is 0 Å². The van der Waals surface area contributed by atoms with E-state index in [1.807, 2.05) is 30.3 Å². The maximum absolute atomic E-state index is 12.9. The number of amides is 1. The highest BCUT2D eigenvalue weighted by Crippen LogP contribution is 2.27. The van der Waals surface area contributed by atoms with Gasteiger partial charge in [0.1, 0.15) is 0 Å². The molecule has 0 heterocycles. The van der Waals surface area contributed by atoms with Gasteiger partial charge < -0.3 is 15.4 Å². The fourth-order valence-corrected chi connectivity index (χ4v) is 3.39. The summed E-state index contributed by atoms with van der Waals surface area (Å²) in [5, 5.41) is 0. The van der Waals surface area contributed by atoms with Crippen LogP contribution in [0.25, 0.3) is 0 Å². The fraction of sp³-hybridized carbons (Fsp3) is 0.333. The molecule has 3 rings (SSSR count). The molecular formula is C21H24N2O3. The molecular weight excluding hydrogens is 328 g/mol. The van der Waals surface area contributed by atoms with Crippen molar-refractivity contribution in [3.63, 3.8) is 0 Å². The highest BCUT2D eigenvalue weighted by atomic mass is 16.5. The first-order chi connectivity index (χ1) is 12.6. The molecule has 2 aromatic carbocycles. The summed E-state index contributed by atoms with van der Waals surface area (Å²) in [6.45, 7) is -0.269. The molecule has 1 fully saturated rings. The molecule has 136 valence electrons. The molecule has 0 bridgehead atoms. The number of carbonyl (C=O) groups is 2. The summed E-state index contributed by atoms with van der Waals surface area (Å²) in [6, 6.07) is 16.2. The molecule has 0 aliphatic heterocycles. The lowest BCUT2D eigenvalue weighted by Gasteiger charge is -2.34. The third kappa shape index (κ3) is 4.42. The average molecular weight is 352 g/mol. The lowest BCUT2D eigenvalue weighted by Crippen LogP contribution is -2.43.